The fourth-order valence-corrected chi connectivity index (χ4v) is 3.31. The van der Waals surface area contributed by atoms with Crippen LogP contribution < -0.4 is 10.5 Å². The molecule has 26 heavy (non-hydrogen) atoms. The molecule has 138 valence electrons. The van der Waals surface area contributed by atoms with Gasteiger partial charge in [0.2, 0.25) is 15.9 Å². The molecular weight excluding hydrogens is 352 g/mol. The first-order chi connectivity index (χ1) is 12.2. The van der Waals surface area contributed by atoms with Crippen LogP contribution in [0.4, 0.5) is 5.69 Å². The minimum absolute atomic E-state index is 0.00689. The number of sulfonamides is 1. The highest BCUT2D eigenvalue weighted by Crippen LogP contribution is 2.19. The Morgan fingerprint density at radius 1 is 1.04 bits per heavy atom. The van der Waals surface area contributed by atoms with Crippen LogP contribution >= 0.6 is 0 Å². The number of Topliss-reactive ketones (excluding diaryl/α,β-unsaturated/α-hetero) is 1. The molecule has 6 nitrogen and oxygen atoms in total. The lowest BCUT2D eigenvalue weighted by Gasteiger charge is -2.09. The number of anilines is 1. The van der Waals surface area contributed by atoms with Gasteiger partial charge in [-0.25, -0.2) is 13.6 Å². The molecule has 0 spiro atoms. The molecule has 0 saturated carbocycles. The van der Waals surface area contributed by atoms with E-state index in [1.54, 1.807) is 31.2 Å². The Labute approximate surface area is 153 Å². The van der Waals surface area contributed by atoms with Crippen molar-refractivity contribution in [3.05, 3.63) is 59.2 Å². The number of carbonyl (C=O) groups excluding carboxylic acids is 2. The van der Waals surface area contributed by atoms with Crippen LogP contribution in [0.1, 0.15) is 41.3 Å². The number of ketones is 1. The standard InChI is InChI=1S/C19H22N2O4S/c1-3-14-5-7-15(8-6-14)17(22)10-11-19(23)21-16-9-4-13(2)18(12-16)26(20,24)25/h4-9,12H,3,10-11H2,1-2H3,(H,21,23)(H2,20,24,25). The zero-order chi connectivity index (χ0) is 19.3. The van der Waals surface area contributed by atoms with E-state index in [-0.39, 0.29) is 29.4 Å². The van der Waals surface area contributed by atoms with E-state index < -0.39 is 10.0 Å². The number of aryl methyl sites for hydroxylation is 2. The normalized spacial score (nSPS) is 11.2. The van der Waals surface area contributed by atoms with Crippen molar-refractivity contribution in [1.82, 2.24) is 0 Å². The van der Waals surface area contributed by atoms with Crippen LogP contribution in [0.15, 0.2) is 47.4 Å². The van der Waals surface area contributed by atoms with Gasteiger partial charge in [0.1, 0.15) is 0 Å². The zero-order valence-corrected chi connectivity index (χ0v) is 15.6. The summed E-state index contributed by atoms with van der Waals surface area (Å²) in [4.78, 5) is 24.2. The summed E-state index contributed by atoms with van der Waals surface area (Å²) in [5, 5.41) is 7.75. The summed E-state index contributed by atoms with van der Waals surface area (Å²) >= 11 is 0. The van der Waals surface area contributed by atoms with E-state index in [9.17, 15) is 18.0 Å². The van der Waals surface area contributed by atoms with Crippen molar-refractivity contribution in [2.45, 2.75) is 38.0 Å². The summed E-state index contributed by atoms with van der Waals surface area (Å²) in [7, 11) is -3.86. The van der Waals surface area contributed by atoms with Crippen LogP contribution in [0, 0.1) is 6.92 Å². The van der Waals surface area contributed by atoms with Crippen molar-refractivity contribution in [2.24, 2.45) is 5.14 Å². The van der Waals surface area contributed by atoms with Crippen molar-refractivity contribution < 1.29 is 18.0 Å². The minimum Gasteiger partial charge on any atom is -0.326 e. The van der Waals surface area contributed by atoms with Crippen LogP contribution in [0.2, 0.25) is 0 Å². The van der Waals surface area contributed by atoms with E-state index in [4.69, 9.17) is 5.14 Å². The zero-order valence-electron chi connectivity index (χ0n) is 14.8. The molecule has 0 saturated heterocycles. The molecule has 0 fully saturated rings. The average molecular weight is 374 g/mol. The van der Waals surface area contributed by atoms with Crippen LogP contribution in [0.5, 0.6) is 0 Å². The molecular formula is C19H22N2O4S. The van der Waals surface area contributed by atoms with Gasteiger partial charge in [-0.15, -0.1) is 0 Å². The predicted octanol–water partition coefficient (Wildman–Crippen LogP) is 2.81. The van der Waals surface area contributed by atoms with Crippen LogP contribution in [-0.4, -0.2) is 20.1 Å². The highest BCUT2D eigenvalue weighted by Gasteiger charge is 2.14. The third-order valence-electron chi connectivity index (χ3n) is 4.04. The lowest BCUT2D eigenvalue weighted by atomic mass is 10.0. The van der Waals surface area contributed by atoms with Crippen molar-refractivity contribution in [3.63, 3.8) is 0 Å². The van der Waals surface area contributed by atoms with E-state index in [0.29, 0.717) is 16.8 Å². The first-order valence-corrected chi connectivity index (χ1v) is 9.80. The fourth-order valence-electron chi connectivity index (χ4n) is 2.51. The molecule has 0 aliphatic carbocycles. The average Bonchev–Trinajstić information content (AvgIpc) is 2.60. The van der Waals surface area contributed by atoms with Gasteiger partial charge in [-0.2, -0.15) is 0 Å². The first-order valence-electron chi connectivity index (χ1n) is 8.26. The van der Waals surface area contributed by atoms with Gasteiger partial charge in [0.25, 0.3) is 0 Å². The third-order valence-corrected chi connectivity index (χ3v) is 5.09. The van der Waals surface area contributed by atoms with Crippen LogP contribution in [-0.2, 0) is 21.2 Å². The number of hydrogen-bond acceptors (Lipinski definition) is 4. The van der Waals surface area contributed by atoms with E-state index in [0.717, 1.165) is 12.0 Å². The molecule has 0 aliphatic rings. The van der Waals surface area contributed by atoms with E-state index in [1.807, 2.05) is 19.1 Å². The van der Waals surface area contributed by atoms with Crippen LogP contribution in [0.25, 0.3) is 0 Å². The van der Waals surface area contributed by atoms with Crippen molar-refractivity contribution in [3.8, 4) is 0 Å². The van der Waals surface area contributed by atoms with Gasteiger partial charge in [-0.1, -0.05) is 37.3 Å². The summed E-state index contributed by atoms with van der Waals surface area (Å²) in [5.74, 6) is -0.482. The first kappa shape index (κ1) is 19.8. The molecule has 0 heterocycles. The molecule has 1 amide bonds. The van der Waals surface area contributed by atoms with E-state index in [2.05, 4.69) is 5.32 Å². The Morgan fingerprint density at radius 2 is 1.69 bits per heavy atom. The SMILES string of the molecule is CCc1ccc(C(=O)CCC(=O)Nc2ccc(C)c(S(N)(=O)=O)c2)cc1. The number of amides is 1. The largest absolute Gasteiger partial charge is 0.326 e. The van der Waals surface area contributed by atoms with Crippen molar-refractivity contribution >= 4 is 27.4 Å². The summed E-state index contributed by atoms with van der Waals surface area (Å²) in [6, 6.07) is 11.8. The molecule has 0 aliphatic heterocycles. The van der Waals surface area contributed by atoms with Gasteiger partial charge in [0.15, 0.2) is 5.78 Å². The number of benzene rings is 2. The molecule has 2 aromatic rings. The second-order valence-electron chi connectivity index (χ2n) is 6.05. The van der Waals surface area contributed by atoms with Crippen molar-refractivity contribution in [2.75, 3.05) is 5.32 Å². The lowest BCUT2D eigenvalue weighted by Crippen LogP contribution is -2.16. The predicted molar refractivity (Wildman–Crippen MR) is 101 cm³/mol. The maximum absolute atomic E-state index is 12.2. The van der Waals surface area contributed by atoms with Crippen LogP contribution in [0.3, 0.4) is 0 Å². The molecule has 0 bridgehead atoms. The number of nitrogens with two attached hydrogens (primary N) is 1. The summed E-state index contributed by atoms with van der Waals surface area (Å²) in [5.41, 5.74) is 2.53. The molecule has 0 radical (unpaired) electrons. The molecule has 0 unspecified atom stereocenters. The highest BCUT2D eigenvalue weighted by atomic mass is 32.2. The van der Waals surface area contributed by atoms with Gasteiger partial charge >= 0.3 is 0 Å². The number of hydrogen-bond donors (Lipinski definition) is 2. The molecule has 2 aromatic carbocycles. The Kier molecular flexibility index (Phi) is 6.28. The Bertz CT molecular complexity index is 919. The van der Waals surface area contributed by atoms with Crippen molar-refractivity contribution in [1.29, 1.82) is 0 Å². The Hall–Kier alpha value is -2.51. The monoisotopic (exact) mass is 374 g/mol. The summed E-state index contributed by atoms with van der Waals surface area (Å²) in [6.45, 7) is 3.65. The van der Waals surface area contributed by atoms with Gasteiger partial charge in [-0.3, -0.25) is 9.59 Å². The molecule has 0 atom stereocenters. The number of carbonyl (C=O) groups is 2. The van der Waals surface area contributed by atoms with Gasteiger partial charge in [0.05, 0.1) is 4.90 Å². The Balaban J connectivity index is 1.97. The Morgan fingerprint density at radius 3 is 2.27 bits per heavy atom. The molecule has 2 rings (SSSR count). The fraction of sp³-hybridized carbons (Fsp3) is 0.263. The maximum atomic E-state index is 12.2. The maximum Gasteiger partial charge on any atom is 0.238 e. The second-order valence-corrected chi connectivity index (χ2v) is 7.58. The van der Waals surface area contributed by atoms with Gasteiger partial charge in [-0.05, 0) is 36.6 Å². The third kappa shape index (κ3) is 5.24. The molecule has 0 aromatic heterocycles. The number of rotatable bonds is 7. The summed E-state index contributed by atoms with van der Waals surface area (Å²) < 4.78 is 23.1. The number of nitrogens with one attached hydrogen (secondary N) is 1. The van der Waals surface area contributed by atoms with Gasteiger partial charge < -0.3 is 5.32 Å². The quantitative estimate of drug-likeness (QED) is 0.727. The topological polar surface area (TPSA) is 106 Å². The molecule has 7 heteroatoms. The highest BCUT2D eigenvalue weighted by molar-refractivity contribution is 7.89. The van der Waals surface area contributed by atoms with E-state index >= 15 is 0 Å². The second kappa shape index (κ2) is 8.25. The van der Waals surface area contributed by atoms with E-state index in [1.165, 1.54) is 6.07 Å². The summed E-state index contributed by atoms with van der Waals surface area (Å²) in [6.07, 6.45) is 0.978. The lowest BCUT2D eigenvalue weighted by molar-refractivity contribution is -0.116. The minimum atomic E-state index is -3.86. The van der Waals surface area contributed by atoms with Gasteiger partial charge in [0, 0.05) is 24.1 Å². The number of primary sulfonamides is 1. The molecule has 3 N–H and O–H groups in total. The smallest absolute Gasteiger partial charge is 0.238 e.